The number of likely N-dealkylation sites (N-methyl/N-ethyl adjacent to an activating group) is 1. The average Bonchev–Trinajstić information content (AvgIpc) is 3.05. The molecule has 0 saturated carbocycles. The highest BCUT2D eigenvalue weighted by atomic mass is 16.7. The van der Waals surface area contributed by atoms with Crippen LogP contribution in [0.3, 0.4) is 0 Å². The van der Waals surface area contributed by atoms with Gasteiger partial charge in [-0.05, 0) is 57.8 Å². The largest absolute Gasteiger partial charge is 0.477 e. The number of quaternary nitrogens is 1. The molecule has 0 rings (SSSR count). The van der Waals surface area contributed by atoms with Crippen LogP contribution < -0.4 is 0 Å². The fraction of sp³-hybridized carbons (Fsp3) is 0.675. The zero-order valence-electron chi connectivity index (χ0n) is 31.3. The van der Waals surface area contributed by atoms with Gasteiger partial charge in [0.15, 0.2) is 6.10 Å². The van der Waals surface area contributed by atoms with E-state index < -0.39 is 24.3 Å². The molecule has 9 nitrogen and oxygen atoms in total. The summed E-state index contributed by atoms with van der Waals surface area (Å²) in [6, 6.07) is 0. The molecule has 2 unspecified atom stereocenters. The molecule has 0 amide bonds. The van der Waals surface area contributed by atoms with E-state index in [0.29, 0.717) is 17.4 Å². The van der Waals surface area contributed by atoms with Gasteiger partial charge >= 0.3 is 17.9 Å². The van der Waals surface area contributed by atoms with Crippen LogP contribution in [0.25, 0.3) is 0 Å². The summed E-state index contributed by atoms with van der Waals surface area (Å²) in [6.07, 6.45) is 33.0. The number of allylic oxidation sites excluding steroid dienone is 10. The normalized spacial score (nSPS) is 13.7. The number of carboxylic acids is 1. The number of aliphatic carboxylic acids is 1. The topological polar surface area (TPSA) is 108 Å². The second-order valence-corrected chi connectivity index (χ2v) is 13.1. The summed E-state index contributed by atoms with van der Waals surface area (Å²) in [6.45, 7) is 4.57. The van der Waals surface area contributed by atoms with E-state index in [4.69, 9.17) is 18.9 Å². The molecule has 1 N–H and O–H groups in total. The van der Waals surface area contributed by atoms with Gasteiger partial charge in [-0.2, -0.15) is 0 Å². The standard InChI is InChI=1S/C40H67NO8/c1-6-8-10-12-14-16-18-19-21-23-25-27-29-31-38(43)49-36(35-48-40(39(44)45)46-33-32-41(3,4)5)34-47-37(42)30-28-26-24-22-20-17-15-13-11-9-7-2/h8,10,13-16,19,21,25,27,36,40H,6-7,9,11-12,17-18,20,22-24,26,28-35H2,1-5H3/p+1/b10-8-,15-13-,16-14-,21-19-,27-25-. The van der Waals surface area contributed by atoms with E-state index in [1.165, 1.54) is 12.8 Å². The van der Waals surface area contributed by atoms with Crippen molar-refractivity contribution in [3.8, 4) is 0 Å². The lowest BCUT2D eigenvalue weighted by Gasteiger charge is -2.25. The second-order valence-electron chi connectivity index (χ2n) is 13.1. The molecule has 2 atom stereocenters. The smallest absolute Gasteiger partial charge is 0.361 e. The van der Waals surface area contributed by atoms with Gasteiger partial charge in [-0.25, -0.2) is 4.79 Å². The fourth-order valence-electron chi connectivity index (χ4n) is 4.36. The fourth-order valence-corrected chi connectivity index (χ4v) is 4.36. The molecule has 0 radical (unpaired) electrons. The molecule has 0 aromatic heterocycles. The molecule has 0 aliphatic heterocycles. The first-order chi connectivity index (χ1) is 23.6. The molecule has 9 heteroatoms. The Balaban J connectivity index is 4.71. The quantitative estimate of drug-likeness (QED) is 0.0246. The molecule has 0 aromatic rings. The maximum atomic E-state index is 12.6. The van der Waals surface area contributed by atoms with E-state index in [2.05, 4.69) is 62.5 Å². The molecule has 280 valence electrons. The van der Waals surface area contributed by atoms with Gasteiger partial charge in [-0.1, -0.05) is 107 Å². The lowest BCUT2D eigenvalue weighted by atomic mass is 10.1. The zero-order chi connectivity index (χ0) is 36.4. The summed E-state index contributed by atoms with van der Waals surface area (Å²) in [5.74, 6) is -2.14. The number of esters is 2. The predicted octanol–water partition coefficient (Wildman–Crippen LogP) is 8.65. The Morgan fingerprint density at radius 1 is 0.633 bits per heavy atom. The van der Waals surface area contributed by atoms with E-state index in [0.717, 1.165) is 70.6 Å². The molecule has 49 heavy (non-hydrogen) atoms. The van der Waals surface area contributed by atoms with Gasteiger partial charge in [0.05, 0.1) is 34.4 Å². The Kier molecular flexibility index (Phi) is 30.2. The molecule has 0 saturated heterocycles. The van der Waals surface area contributed by atoms with E-state index >= 15 is 0 Å². The number of unbranched alkanes of at least 4 members (excludes halogenated alkanes) is 7. The predicted molar refractivity (Wildman–Crippen MR) is 198 cm³/mol. The van der Waals surface area contributed by atoms with Crippen molar-refractivity contribution in [2.45, 2.75) is 129 Å². The Morgan fingerprint density at radius 3 is 1.82 bits per heavy atom. The van der Waals surface area contributed by atoms with Crippen LogP contribution in [0, 0.1) is 0 Å². The van der Waals surface area contributed by atoms with Crippen LogP contribution in [-0.4, -0.2) is 87.4 Å². The van der Waals surface area contributed by atoms with Crippen molar-refractivity contribution in [2.75, 3.05) is 47.5 Å². The van der Waals surface area contributed by atoms with Crippen molar-refractivity contribution in [1.82, 2.24) is 0 Å². The number of hydrogen-bond acceptors (Lipinski definition) is 7. The highest BCUT2D eigenvalue weighted by molar-refractivity contribution is 5.71. The van der Waals surface area contributed by atoms with Crippen LogP contribution >= 0.6 is 0 Å². The third-order valence-electron chi connectivity index (χ3n) is 7.27. The third-order valence-corrected chi connectivity index (χ3v) is 7.27. The molecule has 0 heterocycles. The Morgan fingerprint density at radius 2 is 1.20 bits per heavy atom. The van der Waals surface area contributed by atoms with Crippen LogP contribution in [0.5, 0.6) is 0 Å². The lowest BCUT2D eigenvalue weighted by Crippen LogP contribution is -2.40. The summed E-state index contributed by atoms with van der Waals surface area (Å²) >= 11 is 0. The summed E-state index contributed by atoms with van der Waals surface area (Å²) in [4.78, 5) is 36.8. The number of rotatable bonds is 32. The maximum Gasteiger partial charge on any atom is 0.361 e. The Bertz CT molecular complexity index is 993. The molecule has 0 spiro atoms. The van der Waals surface area contributed by atoms with Gasteiger partial charge in [0.1, 0.15) is 13.2 Å². The minimum absolute atomic E-state index is 0.134. The molecule has 0 aliphatic carbocycles. The first kappa shape index (κ1) is 46.0. The van der Waals surface area contributed by atoms with Crippen molar-refractivity contribution in [1.29, 1.82) is 0 Å². The number of carbonyl (C=O) groups excluding carboxylic acids is 2. The average molecular weight is 691 g/mol. The lowest BCUT2D eigenvalue weighted by molar-refractivity contribution is -0.870. The van der Waals surface area contributed by atoms with Crippen LogP contribution in [0.15, 0.2) is 60.8 Å². The molecular formula is C40H68NO8+. The minimum atomic E-state index is -1.53. The molecule has 0 bridgehead atoms. The number of hydrogen-bond donors (Lipinski definition) is 1. The monoisotopic (exact) mass is 690 g/mol. The van der Waals surface area contributed by atoms with Crippen molar-refractivity contribution >= 4 is 17.9 Å². The first-order valence-electron chi connectivity index (χ1n) is 18.5. The van der Waals surface area contributed by atoms with E-state index in [9.17, 15) is 19.5 Å². The number of ether oxygens (including phenoxy) is 4. The van der Waals surface area contributed by atoms with Gasteiger partial charge in [-0.3, -0.25) is 9.59 Å². The Hall–Kier alpha value is -3.01. The second kappa shape index (κ2) is 32.2. The molecule has 0 aliphatic rings. The van der Waals surface area contributed by atoms with E-state index in [1.807, 2.05) is 33.3 Å². The number of carboxylic acid groups (broad SMARTS) is 1. The summed E-state index contributed by atoms with van der Waals surface area (Å²) in [5.41, 5.74) is 0. The van der Waals surface area contributed by atoms with Gasteiger partial charge in [0, 0.05) is 12.8 Å². The van der Waals surface area contributed by atoms with Crippen molar-refractivity contribution < 1.29 is 42.9 Å². The summed E-state index contributed by atoms with van der Waals surface area (Å²) in [7, 11) is 5.91. The van der Waals surface area contributed by atoms with Crippen molar-refractivity contribution in [2.24, 2.45) is 0 Å². The summed E-state index contributed by atoms with van der Waals surface area (Å²) < 4.78 is 22.5. The molecular weight excluding hydrogens is 622 g/mol. The highest BCUT2D eigenvalue weighted by Gasteiger charge is 2.25. The Labute approximate surface area is 297 Å². The number of carbonyl (C=O) groups is 3. The first-order valence-corrected chi connectivity index (χ1v) is 18.5. The SMILES string of the molecule is CC/C=C\C/C=C\C/C=C\C/C=C\CCC(=O)OC(COC(=O)CCCCCCC/C=C\CCCC)COC(OCC[N+](C)(C)C)C(=O)O. The minimum Gasteiger partial charge on any atom is -0.477 e. The van der Waals surface area contributed by atoms with Crippen LogP contribution in [0.2, 0.25) is 0 Å². The van der Waals surface area contributed by atoms with Crippen molar-refractivity contribution in [3.63, 3.8) is 0 Å². The third kappa shape index (κ3) is 33.3. The van der Waals surface area contributed by atoms with Gasteiger partial charge in [0.25, 0.3) is 6.29 Å². The van der Waals surface area contributed by atoms with E-state index in [-0.39, 0.29) is 38.6 Å². The molecule has 0 aromatic carbocycles. The van der Waals surface area contributed by atoms with Crippen LogP contribution in [0.1, 0.15) is 117 Å². The van der Waals surface area contributed by atoms with Gasteiger partial charge in [-0.15, -0.1) is 0 Å². The van der Waals surface area contributed by atoms with Crippen LogP contribution in [0.4, 0.5) is 0 Å². The number of nitrogens with zero attached hydrogens (tertiary/aromatic N) is 1. The summed E-state index contributed by atoms with van der Waals surface area (Å²) in [5, 5.41) is 9.57. The van der Waals surface area contributed by atoms with E-state index in [1.54, 1.807) is 0 Å². The van der Waals surface area contributed by atoms with Crippen LogP contribution in [-0.2, 0) is 33.3 Å². The van der Waals surface area contributed by atoms with Gasteiger partial charge in [0.2, 0.25) is 0 Å². The van der Waals surface area contributed by atoms with Gasteiger partial charge < -0.3 is 28.5 Å². The maximum absolute atomic E-state index is 12.6. The molecule has 0 fully saturated rings. The van der Waals surface area contributed by atoms with Crippen molar-refractivity contribution in [3.05, 3.63) is 60.8 Å². The zero-order valence-corrected chi connectivity index (χ0v) is 31.3. The highest BCUT2D eigenvalue weighted by Crippen LogP contribution is 2.10.